The van der Waals surface area contributed by atoms with Crippen LogP contribution in [0.3, 0.4) is 0 Å². The molecule has 0 aromatic heterocycles. The second kappa shape index (κ2) is 7.08. The van der Waals surface area contributed by atoms with Crippen LogP contribution in [0.15, 0.2) is 24.3 Å². The van der Waals surface area contributed by atoms with Gasteiger partial charge in [-0.3, -0.25) is 9.59 Å². The van der Waals surface area contributed by atoms with Crippen LogP contribution in [0.1, 0.15) is 30.1 Å². The van der Waals surface area contributed by atoms with Crippen LogP contribution < -0.4 is 10.1 Å². The van der Waals surface area contributed by atoms with Gasteiger partial charge < -0.3 is 19.9 Å². The fourth-order valence-electron chi connectivity index (χ4n) is 2.01. The van der Waals surface area contributed by atoms with E-state index in [-0.39, 0.29) is 6.10 Å². The van der Waals surface area contributed by atoms with Crippen LogP contribution in [0, 0.1) is 0 Å². The lowest BCUT2D eigenvalue weighted by atomic mass is 10.1. The molecule has 0 bridgehead atoms. The Morgan fingerprint density at radius 2 is 1.90 bits per heavy atom. The maximum absolute atomic E-state index is 11.8. The van der Waals surface area contributed by atoms with Gasteiger partial charge in [0.1, 0.15) is 17.9 Å². The van der Waals surface area contributed by atoms with Crippen LogP contribution >= 0.6 is 0 Å². The number of ether oxygens (including phenoxy) is 2. The summed E-state index contributed by atoms with van der Waals surface area (Å²) in [5, 5.41) is 11.2. The molecule has 0 radical (unpaired) electrons. The number of carbonyl (C=O) groups excluding carboxylic acids is 1. The number of hydrogen-bond acceptors (Lipinski definition) is 4. The third-order valence-electron chi connectivity index (χ3n) is 3.31. The lowest BCUT2D eigenvalue weighted by Crippen LogP contribution is -2.38. The normalized spacial score (nSPS) is 17.0. The van der Waals surface area contributed by atoms with Crippen LogP contribution in [-0.4, -0.2) is 42.3 Å². The standard InChI is InChI=1S/C15H19NO5/c1-10(15(18)19)16-14(17)11-2-4-12(5-3-11)21-13-6-8-20-9-7-13/h2-5,10,13H,6-9H2,1H3,(H,16,17)(H,18,19)/t10-/m1/s1. The minimum atomic E-state index is -1.07. The molecular formula is C15H19NO5. The molecule has 2 N–H and O–H groups in total. The Hall–Kier alpha value is -2.08. The Kier molecular flexibility index (Phi) is 5.16. The highest BCUT2D eigenvalue weighted by atomic mass is 16.5. The largest absolute Gasteiger partial charge is 0.490 e. The van der Waals surface area contributed by atoms with E-state index in [9.17, 15) is 9.59 Å². The van der Waals surface area contributed by atoms with Gasteiger partial charge in [0.25, 0.3) is 5.91 Å². The first-order chi connectivity index (χ1) is 10.1. The number of carbonyl (C=O) groups is 2. The van der Waals surface area contributed by atoms with E-state index in [1.165, 1.54) is 6.92 Å². The summed E-state index contributed by atoms with van der Waals surface area (Å²) >= 11 is 0. The first kappa shape index (κ1) is 15.3. The molecule has 21 heavy (non-hydrogen) atoms. The number of rotatable bonds is 5. The molecule has 1 aliphatic heterocycles. The van der Waals surface area contributed by atoms with Crippen molar-refractivity contribution in [3.63, 3.8) is 0 Å². The maximum Gasteiger partial charge on any atom is 0.325 e. The molecule has 6 nitrogen and oxygen atoms in total. The summed E-state index contributed by atoms with van der Waals surface area (Å²) < 4.78 is 11.1. The van der Waals surface area contributed by atoms with Crippen LogP contribution in [0.25, 0.3) is 0 Å². The molecule has 0 unspecified atom stereocenters. The average Bonchev–Trinajstić information content (AvgIpc) is 2.48. The molecule has 1 amide bonds. The molecule has 1 saturated heterocycles. The number of aliphatic carboxylic acids is 1. The van der Waals surface area contributed by atoms with Crippen molar-refractivity contribution in [2.24, 2.45) is 0 Å². The number of carboxylic acid groups (broad SMARTS) is 1. The van der Waals surface area contributed by atoms with E-state index in [0.29, 0.717) is 24.5 Å². The van der Waals surface area contributed by atoms with Crippen molar-refractivity contribution in [2.75, 3.05) is 13.2 Å². The lowest BCUT2D eigenvalue weighted by Gasteiger charge is -2.23. The average molecular weight is 293 g/mol. The summed E-state index contributed by atoms with van der Waals surface area (Å²) in [6.07, 6.45) is 1.86. The highest BCUT2D eigenvalue weighted by Gasteiger charge is 2.17. The van der Waals surface area contributed by atoms with Crippen LogP contribution in [-0.2, 0) is 9.53 Å². The predicted octanol–water partition coefficient (Wildman–Crippen LogP) is 1.45. The number of nitrogens with one attached hydrogen (secondary N) is 1. The fourth-order valence-corrected chi connectivity index (χ4v) is 2.01. The third-order valence-corrected chi connectivity index (χ3v) is 3.31. The van der Waals surface area contributed by atoms with Crippen molar-refractivity contribution in [1.82, 2.24) is 5.32 Å². The van der Waals surface area contributed by atoms with Gasteiger partial charge in [0.15, 0.2) is 0 Å². The molecule has 1 atom stereocenters. The van der Waals surface area contributed by atoms with E-state index in [2.05, 4.69) is 5.32 Å². The Morgan fingerprint density at radius 3 is 2.48 bits per heavy atom. The zero-order chi connectivity index (χ0) is 15.2. The molecule has 1 aliphatic rings. The molecular weight excluding hydrogens is 274 g/mol. The molecule has 1 aromatic rings. The van der Waals surface area contributed by atoms with Gasteiger partial charge >= 0.3 is 5.97 Å². The van der Waals surface area contributed by atoms with Gasteiger partial charge in [-0.2, -0.15) is 0 Å². The monoisotopic (exact) mass is 293 g/mol. The Balaban J connectivity index is 1.91. The molecule has 1 aromatic carbocycles. The van der Waals surface area contributed by atoms with Crippen molar-refractivity contribution in [3.8, 4) is 5.75 Å². The van der Waals surface area contributed by atoms with Gasteiger partial charge in [-0.25, -0.2) is 0 Å². The van der Waals surface area contributed by atoms with Crippen LogP contribution in [0.2, 0.25) is 0 Å². The van der Waals surface area contributed by atoms with E-state index in [4.69, 9.17) is 14.6 Å². The highest BCUT2D eigenvalue weighted by Crippen LogP contribution is 2.18. The minimum Gasteiger partial charge on any atom is -0.490 e. The van der Waals surface area contributed by atoms with E-state index < -0.39 is 17.9 Å². The number of carboxylic acids is 1. The van der Waals surface area contributed by atoms with E-state index in [0.717, 1.165) is 12.8 Å². The smallest absolute Gasteiger partial charge is 0.325 e. The molecule has 114 valence electrons. The molecule has 0 aliphatic carbocycles. The Labute approximate surface area is 123 Å². The topological polar surface area (TPSA) is 84.9 Å². The Morgan fingerprint density at radius 1 is 1.29 bits per heavy atom. The summed E-state index contributed by atoms with van der Waals surface area (Å²) in [5.74, 6) is -0.782. The van der Waals surface area contributed by atoms with Gasteiger partial charge in [-0.1, -0.05) is 0 Å². The highest BCUT2D eigenvalue weighted by molar-refractivity contribution is 5.96. The maximum atomic E-state index is 11.8. The molecule has 0 spiro atoms. The van der Waals surface area contributed by atoms with Gasteiger partial charge in [-0.05, 0) is 31.2 Å². The second-order valence-corrected chi connectivity index (χ2v) is 4.99. The zero-order valence-electron chi connectivity index (χ0n) is 11.9. The van der Waals surface area contributed by atoms with Crippen LogP contribution in [0.4, 0.5) is 0 Å². The molecule has 0 saturated carbocycles. The van der Waals surface area contributed by atoms with Crippen molar-refractivity contribution >= 4 is 11.9 Å². The predicted molar refractivity (Wildman–Crippen MR) is 75.5 cm³/mol. The van der Waals surface area contributed by atoms with Crippen molar-refractivity contribution in [3.05, 3.63) is 29.8 Å². The van der Waals surface area contributed by atoms with Crippen LogP contribution in [0.5, 0.6) is 5.75 Å². The number of amides is 1. The lowest BCUT2D eigenvalue weighted by molar-refractivity contribution is -0.138. The second-order valence-electron chi connectivity index (χ2n) is 4.99. The summed E-state index contributed by atoms with van der Waals surface area (Å²) in [6, 6.07) is 5.76. The number of benzene rings is 1. The summed E-state index contributed by atoms with van der Waals surface area (Å²) in [4.78, 5) is 22.5. The van der Waals surface area contributed by atoms with Gasteiger partial charge in [0.05, 0.1) is 13.2 Å². The molecule has 1 fully saturated rings. The van der Waals surface area contributed by atoms with Gasteiger partial charge in [0, 0.05) is 18.4 Å². The minimum absolute atomic E-state index is 0.144. The first-order valence-corrected chi connectivity index (χ1v) is 6.94. The van der Waals surface area contributed by atoms with E-state index in [1.807, 2.05) is 0 Å². The van der Waals surface area contributed by atoms with Gasteiger partial charge in [-0.15, -0.1) is 0 Å². The fraction of sp³-hybridized carbons (Fsp3) is 0.467. The first-order valence-electron chi connectivity index (χ1n) is 6.94. The quantitative estimate of drug-likeness (QED) is 0.858. The SMILES string of the molecule is C[C@@H](NC(=O)c1ccc(OC2CCOCC2)cc1)C(=O)O. The van der Waals surface area contributed by atoms with Crippen molar-refractivity contribution < 1.29 is 24.2 Å². The summed E-state index contributed by atoms with van der Waals surface area (Å²) in [7, 11) is 0. The third kappa shape index (κ3) is 4.46. The molecule has 2 rings (SSSR count). The Bertz CT molecular complexity index is 493. The summed E-state index contributed by atoms with van der Waals surface area (Å²) in [5.41, 5.74) is 0.405. The van der Waals surface area contributed by atoms with E-state index in [1.54, 1.807) is 24.3 Å². The zero-order valence-corrected chi connectivity index (χ0v) is 11.9. The molecule has 6 heteroatoms. The summed E-state index contributed by atoms with van der Waals surface area (Å²) in [6.45, 7) is 2.83. The van der Waals surface area contributed by atoms with Gasteiger partial charge in [0.2, 0.25) is 0 Å². The number of hydrogen-bond donors (Lipinski definition) is 2. The van der Waals surface area contributed by atoms with Crippen molar-refractivity contribution in [1.29, 1.82) is 0 Å². The van der Waals surface area contributed by atoms with Crippen molar-refractivity contribution in [2.45, 2.75) is 31.9 Å². The molecule has 1 heterocycles. The van der Waals surface area contributed by atoms with E-state index >= 15 is 0 Å².